The third-order valence-corrected chi connectivity index (χ3v) is 4.55. The maximum Gasteiger partial charge on any atom is 0.337 e. The summed E-state index contributed by atoms with van der Waals surface area (Å²) in [6.45, 7) is 2.10. The minimum Gasteiger partial charge on any atom is -0.485 e. The molecular weight excluding hydrogens is 394 g/mol. The van der Waals surface area contributed by atoms with Crippen LogP contribution in [0.25, 0.3) is 0 Å². The lowest BCUT2D eigenvalue weighted by Crippen LogP contribution is -2.11. The number of ketones is 1. The Morgan fingerprint density at radius 3 is 2.10 bits per heavy atom. The van der Waals surface area contributed by atoms with Crippen molar-refractivity contribution in [2.75, 3.05) is 13.7 Å². The third kappa shape index (κ3) is 6.27. The number of Topliss-reactive ketones (excluding diaryl/α,β-unsaturated/α-hetero) is 1. The molecule has 0 aliphatic rings. The van der Waals surface area contributed by atoms with E-state index in [4.69, 9.17) is 9.57 Å². The number of carbonyl (C=O) groups excluding carboxylic acids is 2. The topological polar surface area (TPSA) is 74.2 Å². The number of nitrogens with zero attached hydrogens (tertiary/aromatic N) is 1. The average molecular weight is 417 g/mol. The largest absolute Gasteiger partial charge is 0.485 e. The van der Waals surface area contributed by atoms with E-state index < -0.39 is 0 Å². The van der Waals surface area contributed by atoms with E-state index >= 15 is 0 Å². The summed E-state index contributed by atoms with van der Waals surface area (Å²) in [5.41, 5.74) is 3.58. The molecule has 0 saturated heterocycles. The van der Waals surface area contributed by atoms with Crippen molar-refractivity contribution in [2.45, 2.75) is 13.5 Å². The summed E-state index contributed by atoms with van der Waals surface area (Å²) in [6, 6.07) is 23.3. The Morgan fingerprint density at radius 1 is 0.806 bits per heavy atom. The quantitative estimate of drug-likeness (QED) is 0.219. The monoisotopic (exact) mass is 417 g/mol. The smallest absolute Gasteiger partial charge is 0.337 e. The highest BCUT2D eigenvalue weighted by Crippen LogP contribution is 2.14. The molecule has 0 amide bonds. The summed E-state index contributed by atoms with van der Waals surface area (Å²) in [5.74, 6) is 0.154. The Kier molecular flexibility index (Phi) is 7.54. The number of ether oxygens (including phenoxy) is 2. The van der Waals surface area contributed by atoms with E-state index in [1.807, 2.05) is 37.3 Å². The van der Waals surface area contributed by atoms with Crippen LogP contribution >= 0.6 is 0 Å². The van der Waals surface area contributed by atoms with E-state index in [1.54, 1.807) is 48.5 Å². The van der Waals surface area contributed by atoms with Gasteiger partial charge in [-0.25, -0.2) is 4.79 Å². The number of hydrogen-bond donors (Lipinski definition) is 0. The number of benzene rings is 3. The van der Waals surface area contributed by atoms with Crippen LogP contribution < -0.4 is 4.74 Å². The molecule has 0 heterocycles. The fraction of sp³-hybridized carbons (Fsp3) is 0.160. The zero-order valence-electron chi connectivity index (χ0n) is 17.4. The van der Waals surface area contributed by atoms with Gasteiger partial charge in [-0.1, -0.05) is 47.6 Å². The maximum absolute atomic E-state index is 12.1. The number of rotatable bonds is 9. The lowest BCUT2D eigenvalue weighted by molar-refractivity contribution is 0.0600. The first-order chi connectivity index (χ1) is 15.1. The maximum atomic E-state index is 12.1. The zero-order chi connectivity index (χ0) is 22.1. The highest BCUT2D eigenvalue weighted by molar-refractivity contribution is 5.98. The lowest BCUT2D eigenvalue weighted by atomic mass is 10.1. The van der Waals surface area contributed by atoms with E-state index in [0.717, 1.165) is 11.1 Å². The minimum absolute atomic E-state index is 0.0195. The molecule has 3 aromatic rings. The Bertz CT molecular complexity index is 1040. The van der Waals surface area contributed by atoms with Gasteiger partial charge in [0.1, 0.15) is 12.4 Å². The highest BCUT2D eigenvalue weighted by Gasteiger charge is 2.07. The average Bonchev–Trinajstić information content (AvgIpc) is 2.83. The Labute approximate surface area is 181 Å². The highest BCUT2D eigenvalue weighted by atomic mass is 16.6. The summed E-state index contributed by atoms with van der Waals surface area (Å²) >= 11 is 0. The molecule has 6 nitrogen and oxygen atoms in total. The van der Waals surface area contributed by atoms with E-state index in [2.05, 4.69) is 9.89 Å². The zero-order valence-corrected chi connectivity index (χ0v) is 17.4. The van der Waals surface area contributed by atoms with Crippen molar-refractivity contribution in [2.24, 2.45) is 5.16 Å². The van der Waals surface area contributed by atoms with Crippen molar-refractivity contribution >= 4 is 17.5 Å². The van der Waals surface area contributed by atoms with Crippen LogP contribution in [0.3, 0.4) is 0 Å². The van der Waals surface area contributed by atoms with Crippen molar-refractivity contribution in [3.8, 4) is 5.75 Å². The molecular formula is C25H23NO5. The molecule has 0 fully saturated rings. The van der Waals surface area contributed by atoms with Crippen molar-refractivity contribution in [1.29, 1.82) is 0 Å². The van der Waals surface area contributed by atoms with Gasteiger partial charge in [0.25, 0.3) is 0 Å². The van der Waals surface area contributed by atoms with Gasteiger partial charge in [0.05, 0.1) is 18.4 Å². The van der Waals surface area contributed by atoms with Gasteiger partial charge in [0, 0.05) is 5.56 Å². The predicted molar refractivity (Wildman–Crippen MR) is 117 cm³/mol. The van der Waals surface area contributed by atoms with Crippen LogP contribution in [0.5, 0.6) is 5.75 Å². The van der Waals surface area contributed by atoms with Crippen LogP contribution in [0.1, 0.15) is 38.8 Å². The van der Waals surface area contributed by atoms with E-state index in [9.17, 15) is 9.59 Å². The minimum atomic E-state index is -0.377. The van der Waals surface area contributed by atoms with Crippen molar-refractivity contribution in [3.05, 3.63) is 101 Å². The van der Waals surface area contributed by atoms with Gasteiger partial charge >= 0.3 is 5.97 Å². The second-order valence-corrected chi connectivity index (χ2v) is 6.74. The molecule has 0 saturated carbocycles. The van der Waals surface area contributed by atoms with Crippen LogP contribution in [0.2, 0.25) is 0 Å². The Morgan fingerprint density at radius 2 is 1.45 bits per heavy atom. The Balaban J connectivity index is 1.50. The first-order valence-electron chi connectivity index (χ1n) is 9.72. The fourth-order valence-corrected chi connectivity index (χ4v) is 2.76. The molecule has 0 unspecified atom stereocenters. The first kappa shape index (κ1) is 21.8. The van der Waals surface area contributed by atoms with Gasteiger partial charge in [0.15, 0.2) is 12.4 Å². The summed E-state index contributed by atoms with van der Waals surface area (Å²) in [5, 5.41) is 4.14. The van der Waals surface area contributed by atoms with Gasteiger partial charge in [-0.3, -0.25) is 4.79 Å². The molecule has 0 aliphatic carbocycles. The van der Waals surface area contributed by atoms with Crippen LogP contribution in [-0.4, -0.2) is 31.2 Å². The molecule has 0 aromatic heterocycles. The molecule has 6 heteroatoms. The number of methoxy groups -OCH3 is 1. The van der Waals surface area contributed by atoms with Gasteiger partial charge in [0.2, 0.25) is 0 Å². The van der Waals surface area contributed by atoms with E-state index in [0.29, 0.717) is 22.6 Å². The first-order valence-corrected chi connectivity index (χ1v) is 9.72. The van der Waals surface area contributed by atoms with E-state index in [1.165, 1.54) is 7.11 Å². The van der Waals surface area contributed by atoms with Gasteiger partial charge in [-0.2, -0.15) is 0 Å². The van der Waals surface area contributed by atoms with Crippen molar-refractivity contribution < 1.29 is 23.9 Å². The summed E-state index contributed by atoms with van der Waals surface area (Å²) in [7, 11) is 1.35. The van der Waals surface area contributed by atoms with Gasteiger partial charge in [-0.15, -0.1) is 0 Å². The summed E-state index contributed by atoms with van der Waals surface area (Å²) in [6.07, 6.45) is 0. The van der Waals surface area contributed by atoms with Crippen LogP contribution in [-0.2, 0) is 16.2 Å². The Hall–Kier alpha value is -3.93. The molecule has 158 valence electrons. The van der Waals surface area contributed by atoms with Crippen molar-refractivity contribution in [3.63, 3.8) is 0 Å². The molecule has 3 rings (SSSR count). The van der Waals surface area contributed by atoms with Gasteiger partial charge < -0.3 is 14.3 Å². The van der Waals surface area contributed by atoms with Crippen LogP contribution in [0.15, 0.2) is 84.0 Å². The number of hydrogen-bond acceptors (Lipinski definition) is 6. The molecule has 0 aliphatic heterocycles. The molecule has 0 radical (unpaired) electrons. The summed E-state index contributed by atoms with van der Waals surface area (Å²) < 4.78 is 10.3. The fourth-order valence-electron chi connectivity index (χ4n) is 2.76. The molecule has 0 atom stereocenters. The molecule has 31 heavy (non-hydrogen) atoms. The van der Waals surface area contributed by atoms with Crippen molar-refractivity contribution in [1.82, 2.24) is 0 Å². The lowest BCUT2D eigenvalue weighted by Gasteiger charge is -2.07. The molecule has 0 spiro atoms. The SMILES string of the molecule is COC(=O)c1ccc(CON=C(C)c2ccc(OCC(=O)c3ccccc3)cc2)cc1. The predicted octanol–water partition coefficient (Wildman–Crippen LogP) is 4.68. The molecule has 3 aromatic carbocycles. The third-order valence-electron chi connectivity index (χ3n) is 4.55. The van der Waals surface area contributed by atoms with Crippen LogP contribution in [0, 0.1) is 0 Å². The van der Waals surface area contributed by atoms with Gasteiger partial charge in [-0.05, 0) is 54.4 Å². The van der Waals surface area contributed by atoms with E-state index in [-0.39, 0.29) is 25.0 Å². The number of carbonyl (C=O) groups is 2. The second-order valence-electron chi connectivity index (χ2n) is 6.74. The standard InChI is InChI=1S/C25H23NO5/c1-18(26-31-16-19-8-10-22(11-9-19)25(28)29-2)20-12-14-23(15-13-20)30-17-24(27)21-6-4-3-5-7-21/h3-15H,16-17H2,1-2H3. The summed E-state index contributed by atoms with van der Waals surface area (Å²) in [4.78, 5) is 29.0. The number of oxime groups is 1. The van der Waals surface area contributed by atoms with Crippen LogP contribution in [0.4, 0.5) is 0 Å². The molecule has 0 N–H and O–H groups in total. The molecule has 0 bridgehead atoms. The second kappa shape index (κ2) is 10.7. The number of esters is 1. The normalized spacial score (nSPS) is 11.0.